The van der Waals surface area contributed by atoms with Crippen molar-refractivity contribution in [2.24, 2.45) is 5.73 Å². The lowest BCUT2D eigenvalue weighted by Gasteiger charge is -2.16. The molecule has 4 nitrogen and oxygen atoms in total. The van der Waals surface area contributed by atoms with Crippen molar-refractivity contribution in [3.63, 3.8) is 0 Å². The molecule has 110 valence electrons. The van der Waals surface area contributed by atoms with Crippen LogP contribution in [0.25, 0.3) is 10.9 Å². The molecule has 1 aromatic heterocycles. The maximum absolute atomic E-state index is 5.74. The van der Waals surface area contributed by atoms with Gasteiger partial charge in [0.1, 0.15) is 5.75 Å². The molecule has 0 saturated carbocycles. The molecule has 0 aliphatic carbocycles. The van der Waals surface area contributed by atoms with Crippen LogP contribution in [0.4, 0.5) is 0 Å². The summed E-state index contributed by atoms with van der Waals surface area (Å²) in [5, 5.41) is 1.18. The van der Waals surface area contributed by atoms with Crippen LogP contribution < -0.4 is 10.5 Å². The molecule has 0 spiro atoms. The van der Waals surface area contributed by atoms with Crippen LogP contribution in [-0.4, -0.2) is 29.9 Å². The number of benzene rings is 1. The van der Waals surface area contributed by atoms with Crippen LogP contribution in [0.15, 0.2) is 30.5 Å². The minimum absolute atomic E-state index is 0.0576. The average Bonchev–Trinajstić information content (AvgIpc) is 2.80. The first-order valence-electron chi connectivity index (χ1n) is 7.21. The summed E-state index contributed by atoms with van der Waals surface area (Å²) < 4.78 is 13.5. The zero-order valence-corrected chi connectivity index (χ0v) is 12.5. The van der Waals surface area contributed by atoms with E-state index in [0.29, 0.717) is 13.2 Å². The van der Waals surface area contributed by atoms with Crippen molar-refractivity contribution in [2.75, 3.05) is 13.2 Å². The monoisotopic (exact) mass is 276 g/mol. The van der Waals surface area contributed by atoms with E-state index in [1.165, 1.54) is 10.9 Å². The lowest BCUT2D eigenvalue weighted by atomic mass is 10.2. The van der Waals surface area contributed by atoms with E-state index in [9.17, 15) is 0 Å². The highest BCUT2D eigenvalue weighted by Gasteiger charge is 2.10. The zero-order valence-electron chi connectivity index (χ0n) is 12.5. The molecule has 2 N–H and O–H groups in total. The summed E-state index contributed by atoms with van der Waals surface area (Å²) >= 11 is 0. The molecular formula is C16H24N2O2. The molecule has 0 aliphatic rings. The van der Waals surface area contributed by atoms with Gasteiger partial charge in [-0.1, -0.05) is 0 Å². The first-order chi connectivity index (χ1) is 9.63. The van der Waals surface area contributed by atoms with Crippen molar-refractivity contribution in [1.29, 1.82) is 0 Å². The van der Waals surface area contributed by atoms with E-state index < -0.39 is 0 Å². The molecule has 0 amide bonds. The number of fused-ring (bicyclic) bond motifs is 1. The van der Waals surface area contributed by atoms with Gasteiger partial charge >= 0.3 is 0 Å². The Morgan fingerprint density at radius 1 is 1.25 bits per heavy atom. The van der Waals surface area contributed by atoms with Crippen molar-refractivity contribution in [3.8, 4) is 5.75 Å². The second-order valence-electron chi connectivity index (χ2n) is 5.17. The summed E-state index contributed by atoms with van der Waals surface area (Å²) in [4.78, 5) is 0. The second kappa shape index (κ2) is 6.77. The summed E-state index contributed by atoms with van der Waals surface area (Å²) in [6.07, 6.45) is 2.32. The fourth-order valence-corrected chi connectivity index (χ4v) is 2.33. The minimum Gasteiger partial charge on any atom is -0.491 e. The molecule has 1 heterocycles. The summed E-state index contributed by atoms with van der Waals surface area (Å²) in [6.45, 7) is 8.05. The third-order valence-electron chi connectivity index (χ3n) is 3.18. The Morgan fingerprint density at radius 3 is 2.70 bits per heavy atom. The van der Waals surface area contributed by atoms with Gasteiger partial charge in [0, 0.05) is 30.3 Å². The molecule has 0 saturated heterocycles. The van der Waals surface area contributed by atoms with Gasteiger partial charge in [0.15, 0.2) is 0 Å². The Balaban J connectivity index is 2.19. The van der Waals surface area contributed by atoms with E-state index in [1.54, 1.807) is 0 Å². The largest absolute Gasteiger partial charge is 0.491 e. The van der Waals surface area contributed by atoms with Gasteiger partial charge in [-0.15, -0.1) is 0 Å². The number of nitrogens with two attached hydrogens (primary N) is 1. The van der Waals surface area contributed by atoms with Crippen molar-refractivity contribution in [1.82, 2.24) is 4.57 Å². The Bertz CT molecular complexity index is 548. The Hall–Kier alpha value is -1.52. The van der Waals surface area contributed by atoms with E-state index in [-0.39, 0.29) is 12.2 Å². The highest BCUT2D eigenvalue weighted by molar-refractivity contribution is 5.81. The Labute approximate surface area is 120 Å². The SMILES string of the molecule is CCOC(CN)Cn1ccc2cc(OC(C)C)ccc21. The van der Waals surface area contributed by atoms with Crippen LogP contribution in [-0.2, 0) is 11.3 Å². The molecule has 1 unspecified atom stereocenters. The van der Waals surface area contributed by atoms with E-state index in [2.05, 4.69) is 29.0 Å². The average molecular weight is 276 g/mol. The topological polar surface area (TPSA) is 49.4 Å². The van der Waals surface area contributed by atoms with Crippen molar-refractivity contribution >= 4 is 10.9 Å². The fraction of sp³-hybridized carbons (Fsp3) is 0.500. The number of rotatable bonds is 7. The first-order valence-corrected chi connectivity index (χ1v) is 7.21. The lowest BCUT2D eigenvalue weighted by molar-refractivity contribution is 0.0576. The van der Waals surface area contributed by atoms with Gasteiger partial charge in [-0.05, 0) is 45.0 Å². The molecule has 2 rings (SSSR count). The van der Waals surface area contributed by atoms with Crippen LogP contribution >= 0.6 is 0 Å². The number of hydrogen-bond acceptors (Lipinski definition) is 3. The molecule has 0 radical (unpaired) electrons. The Kier molecular flexibility index (Phi) is 5.04. The van der Waals surface area contributed by atoms with E-state index in [1.807, 2.05) is 26.8 Å². The standard InChI is InChI=1S/C16H24N2O2/c1-4-19-15(10-17)11-18-8-7-13-9-14(20-12(2)3)5-6-16(13)18/h5-9,12,15H,4,10-11,17H2,1-3H3. The highest BCUT2D eigenvalue weighted by atomic mass is 16.5. The summed E-state index contributed by atoms with van der Waals surface area (Å²) in [6, 6.07) is 8.27. The van der Waals surface area contributed by atoms with Gasteiger partial charge in [-0.2, -0.15) is 0 Å². The molecule has 4 heteroatoms. The quantitative estimate of drug-likeness (QED) is 0.846. The number of ether oxygens (including phenoxy) is 2. The highest BCUT2D eigenvalue weighted by Crippen LogP contribution is 2.23. The molecular weight excluding hydrogens is 252 g/mol. The van der Waals surface area contributed by atoms with Crippen molar-refractivity contribution in [3.05, 3.63) is 30.5 Å². The van der Waals surface area contributed by atoms with Crippen molar-refractivity contribution < 1.29 is 9.47 Å². The van der Waals surface area contributed by atoms with Crippen LogP contribution in [0.1, 0.15) is 20.8 Å². The number of aromatic nitrogens is 1. The normalized spacial score (nSPS) is 13.1. The summed E-state index contributed by atoms with van der Waals surface area (Å²) in [5.74, 6) is 0.908. The van der Waals surface area contributed by atoms with Crippen LogP contribution in [0, 0.1) is 0 Å². The third kappa shape index (κ3) is 3.52. The second-order valence-corrected chi connectivity index (χ2v) is 5.17. The van der Waals surface area contributed by atoms with E-state index in [4.69, 9.17) is 15.2 Å². The van der Waals surface area contributed by atoms with Gasteiger partial charge in [-0.25, -0.2) is 0 Å². The maximum Gasteiger partial charge on any atom is 0.120 e. The molecule has 0 bridgehead atoms. The molecule has 0 fully saturated rings. The van der Waals surface area contributed by atoms with Crippen LogP contribution in [0.5, 0.6) is 5.75 Å². The van der Waals surface area contributed by atoms with Crippen molar-refractivity contribution in [2.45, 2.75) is 39.5 Å². The number of hydrogen-bond donors (Lipinski definition) is 1. The maximum atomic E-state index is 5.74. The van der Waals surface area contributed by atoms with Crippen LogP contribution in [0.3, 0.4) is 0 Å². The smallest absolute Gasteiger partial charge is 0.120 e. The van der Waals surface area contributed by atoms with E-state index in [0.717, 1.165) is 12.3 Å². The molecule has 2 aromatic rings. The molecule has 1 atom stereocenters. The fourth-order valence-electron chi connectivity index (χ4n) is 2.33. The molecule has 20 heavy (non-hydrogen) atoms. The molecule has 0 aliphatic heterocycles. The van der Waals surface area contributed by atoms with E-state index >= 15 is 0 Å². The van der Waals surface area contributed by atoms with Gasteiger partial charge in [0.25, 0.3) is 0 Å². The lowest BCUT2D eigenvalue weighted by Crippen LogP contribution is -2.28. The number of nitrogens with zero attached hydrogens (tertiary/aromatic N) is 1. The first kappa shape index (κ1) is 14.9. The van der Waals surface area contributed by atoms with Crippen LogP contribution in [0.2, 0.25) is 0 Å². The van der Waals surface area contributed by atoms with Gasteiger partial charge in [-0.3, -0.25) is 0 Å². The predicted octanol–water partition coefficient (Wildman–Crippen LogP) is 2.79. The predicted molar refractivity (Wildman–Crippen MR) is 82.2 cm³/mol. The molecule has 1 aromatic carbocycles. The van der Waals surface area contributed by atoms with Gasteiger partial charge in [0.05, 0.1) is 18.8 Å². The van der Waals surface area contributed by atoms with Gasteiger partial charge in [0.2, 0.25) is 0 Å². The summed E-state index contributed by atoms with van der Waals surface area (Å²) in [7, 11) is 0. The Morgan fingerprint density at radius 2 is 2.05 bits per heavy atom. The third-order valence-corrected chi connectivity index (χ3v) is 3.18. The zero-order chi connectivity index (χ0) is 14.5. The van der Waals surface area contributed by atoms with Gasteiger partial charge < -0.3 is 19.8 Å². The summed E-state index contributed by atoms with van der Waals surface area (Å²) in [5.41, 5.74) is 6.92. The minimum atomic E-state index is 0.0576.